The second kappa shape index (κ2) is 9.81. The predicted molar refractivity (Wildman–Crippen MR) is 109 cm³/mol. The summed E-state index contributed by atoms with van der Waals surface area (Å²) < 4.78 is 26.4. The number of piperazine rings is 1. The van der Waals surface area contributed by atoms with Gasteiger partial charge in [-0.1, -0.05) is 30.3 Å². The van der Waals surface area contributed by atoms with Crippen LogP contribution in [0, 0.1) is 0 Å². The number of sulfonamides is 1. The van der Waals surface area contributed by atoms with E-state index in [4.69, 9.17) is 0 Å². The predicted octanol–water partition coefficient (Wildman–Crippen LogP) is 1.23. The van der Waals surface area contributed by atoms with Gasteiger partial charge in [0.05, 0.1) is 6.04 Å². The molecule has 9 heteroatoms. The first-order chi connectivity index (χ1) is 13.2. The van der Waals surface area contributed by atoms with E-state index in [-0.39, 0.29) is 19.1 Å². The highest BCUT2D eigenvalue weighted by atomic mass is 32.2. The third-order valence-corrected chi connectivity index (χ3v) is 6.01. The van der Waals surface area contributed by atoms with E-state index < -0.39 is 28.0 Å². The molecule has 0 spiro atoms. The fourth-order valence-electron chi connectivity index (χ4n) is 2.84. The van der Waals surface area contributed by atoms with Gasteiger partial charge in [-0.3, -0.25) is 15.0 Å². The molecule has 0 radical (unpaired) electrons. The fraction of sp³-hybridized carbons (Fsp3) is 0.474. The molecule has 0 bridgehead atoms. The molecule has 2 N–H and O–H groups in total. The first-order valence-electron chi connectivity index (χ1n) is 9.28. The summed E-state index contributed by atoms with van der Waals surface area (Å²) in [5, 5.41) is 6.13. The molecule has 2 rings (SSSR count). The van der Waals surface area contributed by atoms with Crippen molar-refractivity contribution >= 4 is 28.0 Å². The lowest BCUT2D eigenvalue weighted by atomic mass is 10.2. The number of urea groups is 1. The van der Waals surface area contributed by atoms with E-state index in [0.717, 1.165) is 5.56 Å². The minimum atomic E-state index is -3.52. The molecular weight excluding hydrogens is 380 g/mol. The fourth-order valence-corrected chi connectivity index (χ4v) is 4.01. The van der Waals surface area contributed by atoms with Crippen LogP contribution in [0.2, 0.25) is 0 Å². The molecule has 1 aromatic carbocycles. The van der Waals surface area contributed by atoms with Crippen LogP contribution >= 0.6 is 0 Å². The summed E-state index contributed by atoms with van der Waals surface area (Å²) in [6.45, 7) is 6.72. The number of nitrogens with zero attached hydrogens (tertiary/aromatic N) is 2. The molecular formula is C19H28N4O4S. The van der Waals surface area contributed by atoms with Crippen molar-refractivity contribution in [1.29, 1.82) is 0 Å². The lowest BCUT2D eigenvalue weighted by Gasteiger charge is -2.36. The standard InChI is InChI=1S/C19H28N4O4S/c1-15(2)20-19(25)21-18(24)16(3)22-10-12-23(13-11-22)28(26,27)14-9-17-7-5-4-6-8-17/h4-9,14-16H,10-13H2,1-3H3,(H2,20,21,24,25)/b14-9+/t16-/m1/s1. The third-order valence-electron chi connectivity index (χ3n) is 4.45. The Kier molecular flexibility index (Phi) is 7.73. The minimum absolute atomic E-state index is 0.0687. The monoisotopic (exact) mass is 408 g/mol. The number of imide groups is 1. The molecule has 154 valence electrons. The molecule has 8 nitrogen and oxygen atoms in total. The van der Waals surface area contributed by atoms with Gasteiger partial charge in [0.2, 0.25) is 15.9 Å². The summed E-state index contributed by atoms with van der Waals surface area (Å²) in [6, 6.07) is 8.11. The van der Waals surface area contributed by atoms with Gasteiger partial charge in [-0.25, -0.2) is 13.2 Å². The average molecular weight is 409 g/mol. The highest BCUT2D eigenvalue weighted by Gasteiger charge is 2.30. The molecule has 0 aliphatic carbocycles. The van der Waals surface area contributed by atoms with Crippen LogP contribution in [0.3, 0.4) is 0 Å². The number of carbonyl (C=O) groups is 2. The van der Waals surface area contributed by atoms with Crippen molar-refractivity contribution in [2.75, 3.05) is 26.2 Å². The summed E-state index contributed by atoms with van der Waals surface area (Å²) in [5.74, 6) is -0.404. The smallest absolute Gasteiger partial charge is 0.321 e. The van der Waals surface area contributed by atoms with Gasteiger partial charge >= 0.3 is 6.03 Å². The first kappa shape index (κ1) is 22.1. The van der Waals surface area contributed by atoms with Gasteiger partial charge in [0.1, 0.15) is 0 Å². The molecule has 0 aromatic heterocycles. The maximum Gasteiger partial charge on any atom is 0.321 e. The van der Waals surface area contributed by atoms with Crippen LogP contribution in [0.15, 0.2) is 35.7 Å². The second-order valence-electron chi connectivity index (χ2n) is 6.99. The summed E-state index contributed by atoms with van der Waals surface area (Å²) in [6.07, 6.45) is 1.57. The Morgan fingerprint density at radius 1 is 1.04 bits per heavy atom. The zero-order chi connectivity index (χ0) is 20.7. The summed E-state index contributed by atoms with van der Waals surface area (Å²) in [5.41, 5.74) is 0.815. The Morgan fingerprint density at radius 2 is 1.64 bits per heavy atom. The van der Waals surface area contributed by atoms with Crippen molar-refractivity contribution in [3.63, 3.8) is 0 Å². The van der Waals surface area contributed by atoms with Gasteiger partial charge < -0.3 is 5.32 Å². The molecule has 1 heterocycles. The number of hydrogen-bond donors (Lipinski definition) is 2. The van der Waals surface area contributed by atoms with Gasteiger partial charge in [0, 0.05) is 37.6 Å². The number of hydrogen-bond acceptors (Lipinski definition) is 5. The zero-order valence-corrected chi connectivity index (χ0v) is 17.3. The largest absolute Gasteiger partial charge is 0.336 e. The van der Waals surface area contributed by atoms with Crippen LogP contribution in [0.25, 0.3) is 6.08 Å². The first-order valence-corrected chi connectivity index (χ1v) is 10.8. The Bertz CT molecular complexity index is 800. The van der Waals surface area contributed by atoms with E-state index in [1.165, 1.54) is 9.71 Å². The van der Waals surface area contributed by atoms with Crippen LogP contribution in [0.1, 0.15) is 26.3 Å². The van der Waals surface area contributed by atoms with Gasteiger partial charge in [-0.2, -0.15) is 4.31 Å². The Labute approximate surface area is 166 Å². The molecule has 28 heavy (non-hydrogen) atoms. The van der Waals surface area contributed by atoms with Crippen LogP contribution in [0.4, 0.5) is 4.79 Å². The quantitative estimate of drug-likeness (QED) is 0.738. The Balaban J connectivity index is 1.88. The summed E-state index contributed by atoms with van der Waals surface area (Å²) in [7, 11) is -3.52. The number of benzene rings is 1. The van der Waals surface area contributed by atoms with Crippen LogP contribution in [-0.2, 0) is 14.8 Å². The van der Waals surface area contributed by atoms with Crippen molar-refractivity contribution in [1.82, 2.24) is 19.8 Å². The second-order valence-corrected chi connectivity index (χ2v) is 8.81. The maximum absolute atomic E-state index is 12.5. The van der Waals surface area contributed by atoms with Crippen molar-refractivity contribution in [2.45, 2.75) is 32.9 Å². The zero-order valence-electron chi connectivity index (χ0n) is 16.5. The van der Waals surface area contributed by atoms with E-state index in [0.29, 0.717) is 13.1 Å². The van der Waals surface area contributed by atoms with Crippen molar-refractivity contribution in [2.24, 2.45) is 0 Å². The summed E-state index contributed by atoms with van der Waals surface area (Å²) >= 11 is 0. The molecule has 3 amide bonds. The minimum Gasteiger partial charge on any atom is -0.336 e. The molecule has 1 aromatic rings. The van der Waals surface area contributed by atoms with E-state index in [9.17, 15) is 18.0 Å². The molecule has 0 unspecified atom stereocenters. The van der Waals surface area contributed by atoms with E-state index in [2.05, 4.69) is 10.6 Å². The number of amides is 3. The topological polar surface area (TPSA) is 98.8 Å². The van der Waals surface area contributed by atoms with E-state index in [1.54, 1.807) is 26.8 Å². The van der Waals surface area contributed by atoms with Crippen LogP contribution in [-0.4, -0.2) is 67.8 Å². The number of nitrogens with one attached hydrogen (secondary N) is 2. The average Bonchev–Trinajstić information content (AvgIpc) is 2.66. The van der Waals surface area contributed by atoms with Gasteiger partial charge in [0.25, 0.3) is 0 Å². The Morgan fingerprint density at radius 3 is 2.21 bits per heavy atom. The third kappa shape index (κ3) is 6.43. The lowest BCUT2D eigenvalue weighted by Crippen LogP contribution is -2.56. The molecule has 1 aliphatic rings. The number of rotatable bonds is 6. The molecule has 1 atom stereocenters. The summed E-state index contributed by atoms with van der Waals surface area (Å²) in [4.78, 5) is 25.7. The van der Waals surface area contributed by atoms with Crippen LogP contribution in [0.5, 0.6) is 0 Å². The molecule has 1 aliphatic heterocycles. The van der Waals surface area contributed by atoms with Crippen LogP contribution < -0.4 is 10.6 Å². The van der Waals surface area contributed by atoms with Gasteiger partial charge in [-0.05, 0) is 32.4 Å². The number of carbonyl (C=O) groups excluding carboxylic acids is 2. The van der Waals surface area contributed by atoms with Crippen molar-refractivity contribution in [3.05, 3.63) is 41.3 Å². The SMILES string of the molecule is CC(C)NC(=O)NC(=O)[C@@H](C)N1CCN(S(=O)(=O)/C=C/c2ccccc2)CC1. The van der Waals surface area contributed by atoms with E-state index >= 15 is 0 Å². The normalized spacial score (nSPS) is 17.6. The Hall–Kier alpha value is -2.23. The molecule has 0 saturated carbocycles. The highest BCUT2D eigenvalue weighted by Crippen LogP contribution is 2.13. The molecule has 1 fully saturated rings. The van der Waals surface area contributed by atoms with Gasteiger partial charge in [0.15, 0.2) is 0 Å². The molecule has 1 saturated heterocycles. The maximum atomic E-state index is 12.5. The van der Waals surface area contributed by atoms with E-state index in [1.807, 2.05) is 35.2 Å². The van der Waals surface area contributed by atoms with Crippen molar-refractivity contribution < 1.29 is 18.0 Å². The lowest BCUT2D eigenvalue weighted by molar-refractivity contribution is -0.125. The van der Waals surface area contributed by atoms with Gasteiger partial charge in [-0.15, -0.1) is 0 Å². The highest BCUT2D eigenvalue weighted by molar-refractivity contribution is 7.92. The van der Waals surface area contributed by atoms with Crippen molar-refractivity contribution in [3.8, 4) is 0 Å².